The molecule has 6 nitrogen and oxygen atoms in total. The largest absolute Gasteiger partial charge is 0.465 e. The Bertz CT molecular complexity index is 448. The highest BCUT2D eigenvalue weighted by Gasteiger charge is 2.54. The monoisotopic (exact) mass is 286 g/mol. The van der Waals surface area contributed by atoms with E-state index in [4.69, 9.17) is 9.29 Å². The van der Waals surface area contributed by atoms with Crippen LogP contribution in [0.2, 0.25) is 0 Å². The van der Waals surface area contributed by atoms with Crippen molar-refractivity contribution < 1.29 is 36.0 Å². The lowest BCUT2D eigenvalue weighted by molar-refractivity contribution is -0.163. The number of esters is 1. The Balaban J connectivity index is 1.89. The van der Waals surface area contributed by atoms with Gasteiger partial charge in [-0.2, -0.15) is 17.2 Å². The van der Waals surface area contributed by atoms with Gasteiger partial charge >= 0.3 is 21.3 Å². The highest BCUT2D eigenvalue weighted by Crippen LogP contribution is 2.39. The van der Waals surface area contributed by atoms with Crippen LogP contribution >= 0.6 is 0 Å². The lowest BCUT2D eigenvalue weighted by Gasteiger charge is -2.19. The number of alkyl halides is 2. The van der Waals surface area contributed by atoms with E-state index < -0.39 is 21.3 Å². The van der Waals surface area contributed by atoms with Crippen LogP contribution in [0.1, 0.15) is 19.3 Å². The molecule has 2 rings (SSSR count). The van der Waals surface area contributed by atoms with Gasteiger partial charge in [-0.25, -0.2) is 4.79 Å². The van der Waals surface area contributed by atoms with Crippen LogP contribution in [0.4, 0.5) is 8.78 Å². The molecular weight excluding hydrogens is 274 g/mol. The number of hydrogen-bond donors (Lipinski definition) is 1. The lowest BCUT2D eigenvalue weighted by Crippen LogP contribution is -2.40. The molecule has 0 radical (unpaired) electrons. The second kappa shape index (κ2) is 4.39. The van der Waals surface area contributed by atoms with E-state index in [2.05, 4.69) is 4.74 Å². The van der Waals surface area contributed by atoms with E-state index in [1.807, 2.05) is 0 Å². The maximum absolute atomic E-state index is 12.8. The second-order valence-corrected chi connectivity index (χ2v) is 5.92. The molecule has 2 heterocycles. The fourth-order valence-electron chi connectivity index (χ4n) is 2.29. The van der Waals surface area contributed by atoms with Gasteiger partial charge in [-0.05, 0) is 19.3 Å². The molecule has 0 spiro atoms. The normalized spacial score (nSPS) is 31.6. The second-order valence-electron chi connectivity index (χ2n) is 4.46. The average molecular weight is 286 g/mol. The van der Waals surface area contributed by atoms with Crippen molar-refractivity contribution in [3.63, 3.8) is 0 Å². The Hall–Kier alpha value is -0.800. The van der Waals surface area contributed by atoms with Gasteiger partial charge in [0, 0.05) is 5.92 Å². The van der Waals surface area contributed by atoms with E-state index in [0.717, 1.165) is 12.8 Å². The summed E-state index contributed by atoms with van der Waals surface area (Å²) in [6.45, 7) is -0.328. The van der Waals surface area contributed by atoms with Crippen LogP contribution in [0.15, 0.2) is 0 Å². The van der Waals surface area contributed by atoms with E-state index in [1.165, 1.54) is 0 Å². The molecule has 2 fully saturated rings. The van der Waals surface area contributed by atoms with Crippen LogP contribution in [0.5, 0.6) is 0 Å². The molecule has 1 N–H and O–H groups in total. The molecule has 9 heteroatoms. The van der Waals surface area contributed by atoms with Crippen molar-refractivity contribution in [1.82, 2.24) is 0 Å². The summed E-state index contributed by atoms with van der Waals surface area (Å²) in [5, 5.41) is -4.93. The van der Waals surface area contributed by atoms with Crippen LogP contribution in [0.3, 0.4) is 0 Å². The van der Waals surface area contributed by atoms with Gasteiger partial charge < -0.3 is 9.47 Å². The molecular formula is C9H12F2O6S. The summed E-state index contributed by atoms with van der Waals surface area (Å²) < 4.78 is 64.2. The number of ether oxygens (including phenoxy) is 2. The van der Waals surface area contributed by atoms with E-state index in [0.29, 0.717) is 6.42 Å². The molecule has 0 aromatic rings. The minimum Gasteiger partial charge on any atom is -0.460 e. The molecule has 0 aromatic heterocycles. The maximum atomic E-state index is 12.8. The van der Waals surface area contributed by atoms with E-state index in [1.54, 1.807) is 0 Å². The number of fused-ring (bicyclic) bond motifs is 2. The first kappa shape index (κ1) is 13.6. The van der Waals surface area contributed by atoms with Crippen molar-refractivity contribution in [2.75, 3.05) is 6.61 Å². The fraction of sp³-hybridized carbons (Fsp3) is 0.889. The summed E-state index contributed by atoms with van der Waals surface area (Å²) in [6, 6.07) is 0. The molecule has 0 aromatic carbocycles. The minimum atomic E-state index is -5.80. The van der Waals surface area contributed by atoms with Crippen molar-refractivity contribution in [2.45, 2.75) is 36.7 Å². The Morgan fingerprint density at radius 2 is 2.11 bits per heavy atom. The van der Waals surface area contributed by atoms with Crippen LogP contribution in [-0.4, -0.2) is 43.0 Å². The molecule has 0 aliphatic carbocycles. The molecule has 3 unspecified atom stereocenters. The lowest BCUT2D eigenvalue weighted by atomic mass is 9.90. The molecule has 2 aliphatic heterocycles. The first-order chi connectivity index (χ1) is 8.22. The van der Waals surface area contributed by atoms with Gasteiger partial charge in [0.15, 0.2) is 0 Å². The molecule has 2 aliphatic rings. The topological polar surface area (TPSA) is 89.9 Å². The smallest absolute Gasteiger partial charge is 0.460 e. The SMILES string of the molecule is O=C(OCC1CC2CCC1O2)C(F)(F)S(=O)(=O)O. The Morgan fingerprint density at radius 3 is 2.56 bits per heavy atom. The molecule has 3 atom stereocenters. The van der Waals surface area contributed by atoms with Gasteiger partial charge in [-0.3, -0.25) is 4.55 Å². The van der Waals surface area contributed by atoms with Gasteiger partial charge in [0.1, 0.15) is 0 Å². The zero-order valence-corrected chi connectivity index (χ0v) is 10.0. The molecule has 2 saturated heterocycles. The molecule has 0 amide bonds. The van der Waals surface area contributed by atoms with Crippen molar-refractivity contribution in [2.24, 2.45) is 5.92 Å². The first-order valence-electron chi connectivity index (χ1n) is 5.39. The maximum Gasteiger partial charge on any atom is 0.465 e. The zero-order chi connectivity index (χ0) is 13.6. The van der Waals surface area contributed by atoms with Crippen molar-refractivity contribution >= 4 is 16.1 Å². The summed E-state index contributed by atoms with van der Waals surface area (Å²) in [5.41, 5.74) is 0. The Morgan fingerprint density at radius 1 is 1.44 bits per heavy atom. The molecule has 2 bridgehead atoms. The summed E-state index contributed by atoms with van der Waals surface area (Å²) in [5.74, 6) is -2.45. The first-order valence-corrected chi connectivity index (χ1v) is 6.83. The molecule has 104 valence electrons. The van der Waals surface area contributed by atoms with Crippen molar-refractivity contribution in [3.8, 4) is 0 Å². The van der Waals surface area contributed by atoms with E-state index in [9.17, 15) is 22.0 Å². The number of hydrogen-bond acceptors (Lipinski definition) is 5. The van der Waals surface area contributed by atoms with Gasteiger partial charge in [-0.15, -0.1) is 0 Å². The summed E-state index contributed by atoms with van der Waals surface area (Å²) in [7, 11) is -5.80. The van der Waals surface area contributed by atoms with Gasteiger partial charge in [0.2, 0.25) is 0 Å². The quantitative estimate of drug-likeness (QED) is 0.600. The Labute approximate surface area is 102 Å². The Kier molecular flexibility index (Phi) is 3.32. The van der Waals surface area contributed by atoms with Gasteiger partial charge in [-0.1, -0.05) is 0 Å². The predicted octanol–water partition coefficient (Wildman–Crippen LogP) is 0.578. The van der Waals surface area contributed by atoms with E-state index in [-0.39, 0.29) is 24.7 Å². The fourth-order valence-corrected chi connectivity index (χ4v) is 2.56. The molecule has 0 saturated carbocycles. The van der Waals surface area contributed by atoms with Crippen molar-refractivity contribution in [1.29, 1.82) is 0 Å². The number of carbonyl (C=O) groups is 1. The predicted molar refractivity (Wildman–Crippen MR) is 53.5 cm³/mol. The summed E-state index contributed by atoms with van der Waals surface area (Å²) >= 11 is 0. The summed E-state index contributed by atoms with van der Waals surface area (Å²) in [6.07, 6.45) is 2.23. The third-order valence-corrected chi connectivity index (χ3v) is 4.04. The van der Waals surface area contributed by atoms with Gasteiger partial charge in [0.25, 0.3) is 0 Å². The average Bonchev–Trinajstić information content (AvgIpc) is 2.85. The van der Waals surface area contributed by atoms with Crippen LogP contribution in [0.25, 0.3) is 0 Å². The highest BCUT2D eigenvalue weighted by molar-refractivity contribution is 7.87. The van der Waals surface area contributed by atoms with Crippen LogP contribution in [0, 0.1) is 5.92 Å². The standard InChI is InChI=1S/C9H12F2O6S/c10-9(11,18(13,14)15)8(12)16-4-5-3-6-1-2-7(5)17-6/h5-7H,1-4H2,(H,13,14,15). The van der Waals surface area contributed by atoms with Crippen LogP contribution < -0.4 is 0 Å². The van der Waals surface area contributed by atoms with Crippen molar-refractivity contribution in [3.05, 3.63) is 0 Å². The third kappa shape index (κ3) is 2.34. The van der Waals surface area contributed by atoms with Gasteiger partial charge in [0.05, 0.1) is 18.8 Å². The highest BCUT2D eigenvalue weighted by atomic mass is 32.2. The third-order valence-electron chi connectivity index (χ3n) is 3.22. The minimum absolute atomic E-state index is 0.0702. The van der Waals surface area contributed by atoms with Crippen LogP contribution in [-0.2, 0) is 24.4 Å². The van der Waals surface area contributed by atoms with E-state index >= 15 is 0 Å². The number of rotatable bonds is 4. The summed E-state index contributed by atoms with van der Waals surface area (Å²) in [4.78, 5) is 10.9. The zero-order valence-electron chi connectivity index (χ0n) is 9.21. The molecule has 18 heavy (non-hydrogen) atoms. The number of carbonyl (C=O) groups excluding carboxylic acids is 1. The number of halogens is 2.